The summed E-state index contributed by atoms with van der Waals surface area (Å²) >= 11 is 0. The molecule has 3 heterocycles. The van der Waals surface area contributed by atoms with Gasteiger partial charge in [-0.3, -0.25) is 9.59 Å². The number of aliphatic hydroxyl groups excluding tert-OH is 1. The molecule has 0 spiro atoms. The molecule has 3 N–H and O–H groups in total. The topological polar surface area (TPSA) is 110 Å². The molecule has 0 aromatic rings. The van der Waals surface area contributed by atoms with Gasteiger partial charge in [0.2, 0.25) is 5.91 Å². The van der Waals surface area contributed by atoms with E-state index in [9.17, 15) is 19.5 Å². The summed E-state index contributed by atoms with van der Waals surface area (Å²) in [5.41, 5.74) is 6.08. The molecule has 9 heteroatoms. The van der Waals surface area contributed by atoms with Crippen molar-refractivity contribution in [3.05, 3.63) is 0 Å². The van der Waals surface area contributed by atoms with Gasteiger partial charge in [0.25, 0.3) is 5.91 Å². The largest absolute Gasteiger partial charge is 0.394 e. The van der Waals surface area contributed by atoms with Gasteiger partial charge in [-0.05, 0) is 50.4 Å². The van der Waals surface area contributed by atoms with Crippen LogP contribution in [0.1, 0.15) is 66.2 Å². The highest BCUT2D eigenvalue weighted by molar-refractivity contribution is 5.90. The molecule has 5 aliphatic rings. The quantitative estimate of drug-likeness (QED) is 0.660. The van der Waals surface area contributed by atoms with Crippen LogP contribution in [-0.2, 0) is 9.59 Å². The highest BCUT2D eigenvalue weighted by Crippen LogP contribution is 2.55. The number of rotatable bonds is 4. The summed E-state index contributed by atoms with van der Waals surface area (Å²) in [6, 6.07) is -1.98. The molecular formula is C24H39N5O4. The number of hydrazine groups is 2. The number of fused-ring (bicyclic) bond motifs is 3. The molecule has 9 atom stereocenters. The smallest absolute Gasteiger partial charge is 0.359 e. The Morgan fingerprint density at radius 1 is 1.06 bits per heavy atom. The number of amides is 4. The molecule has 5 rings (SSSR count). The third-order valence-electron chi connectivity index (χ3n) is 9.30. The molecule has 2 saturated carbocycles. The number of carbonyl (C=O) groups excluding carboxylic acids is 3. The van der Waals surface area contributed by atoms with E-state index in [-0.39, 0.29) is 72.3 Å². The van der Waals surface area contributed by atoms with E-state index in [1.165, 1.54) is 5.12 Å². The fourth-order valence-electron chi connectivity index (χ4n) is 7.83. The van der Waals surface area contributed by atoms with Crippen LogP contribution in [0.4, 0.5) is 4.79 Å². The Hall–Kier alpha value is -1.87. The first kappa shape index (κ1) is 22.9. The van der Waals surface area contributed by atoms with Crippen LogP contribution in [0.3, 0.4) is 0 Å². The summed E-state index contributed by atoms with van der Waals surface area (Å²) in [6.45, 7) is 7.51. The van der Waals surface area contributed by atoms with E-state index >= 15 is 0 Å². The molecule has 7 unspecified atom stereocenters. The normalized spacial score (nSPS) is 39.5. The van der Waals surface area contributed by atoms with E-state index in [1.54, 1.807) is 21.8 Å². The lowest BCUT2D eigenvalue weighted by molar-refractivity contribution is -0.278. The minimum atomic E-state index is -0.775. The number of aliphatic hydroxyl groups is 1. The molecule has 3 aliphatic heterocycles. The number of carbonyl (C=O) groups is 3. The van der Waals surface area contributed by atoms with Crippen molar-refractivity contribution in [3.63, 3.8) is 0 Å². The van der Waals surface area contributed by atoms with Crippen LogP contribution in [0, 0.1) is 29.6 Å². The molecule has 0 aromatic heterocycles. The first-order valence-electron chi connectivity index (χ1n) is 12.9. The van der Waals surface area contributed by atoms with Gasteiger partial charge in [0.05, 0.1) is 36.8 Å². The zero-order valence-corrected chi connectivity index (χ0v) is 20.3. The predicted octanol–water partition coefficient (Wildman–Crippen LogP) is 1.56. The van der Waals surface area contributed by atoms with E-state index in [0.29, 0.717) is 12.3 Å². The van der Waals surface area contributed by atoms with E-state index < -0.39 is 6.04 Å². The summed E-state index contributed by atoms with van der Waals surface area (Å²) in [5, 5.41) is 14.8. The van der Waals surface area contributed by atoms with E-state index in [1.807, 2.05) is 20.8 Å². The van der Waals surface area contributed by atoms with Gasteiger partial charge < -0.3 is 15.7 Å². The van der Waals surface area contributed by atoms with Gasteiger partial charge in [-0.1, -0.05) is 33.6 Å². The number of nitrogens with zero attached hydrogens (tertiary/aromatic N) is 4. The van der Waals surface area contributed by atoms with Gasteiger partial charge in [0.15, 0.2) is 0 Å². The SMILES string of the molecule is CC1C(=O)N2C3CCC4C(C3C3CCCCC13)N(C(=O)[C@H](C)N)N2C(=O)N4[C@@H](CO)C(C)C. The molecular weight excluding hydrogens is 422 g/mol. The lowest BCUT2D eigenvalue weighted by Crippen LogP contribution is -2.85. The van der Waals surface area contributed by atoms with Crippen molar-refractivity contribution in [3.8, 4) is 0 Å². The van der Waals surface area contributed by atoms with Crippen LogP contribution < -0.4 is 5.73 Å². The molecule has 0 aromatic carbocycles. The first-order valence-corrected chi connectivity index (χ1v) is 12.9. The van der Waals surface area contributed by atoms with Crippen LogP contribution >= 0.6 is 0 Å². The Bertz CT molecular complexity index is 834. The predicted molar refractivity (Wildman–Crippen MR) is 121 cm³/mol. The first-order chi connectivity index (χ1) is 15.7. The summed E-state index contributed by atoms with van der Waals surface area (Å²) in [4.78, 5) is 43.3. The van der Waals surface area contributed by atoms with Gasteiger partial charge in [-0.2, -0.15) is 0 Å². The summed E-state index contributed by atoms with van der Waals surface area (Å²) in [5.74, 6) is 0.218. The molecule has 2 aliphatic carbocycles. The van der Waals surface area contributed by atoms with E-state index in [2.05, 4.69) is 0 Å². The van der Waals surface area contributed by atoms with Crippen molar-refractivity contribution in [1.29, 1.82) is 0 Å². The maximum Gasteiger partial charge on any atom is 0.359 e. The average Bonchev–Trinajstić information content (AvgIpc) is 2.85. The van der Waals surface area contributed by atoms with Crippen LogP contribution in [0.5, 0.6) is 0 Å². The van der Waals surface area contributed by atoms with E-state index in [4.69, 9.17) is 5.73 Å². The number of hydrogen-bond donors (Lipinski definition) is 2. The second-order valence-electron chi connectivity index (χ2n) is 11.3. The molecule has 33 heavy (non-hydrogen) atoms. The highest BCUT2D eigenvalue weighted by Gasteiger charge is 2.67. The number of hydrogen-bond acceptors (Lipinski definition) is 5. The molecule has 3 saturated heterocycles. The highest BCUT2D eigenvalue weighted by atomic mass is 16.3. The monoisotopic (exact) mass is 461 g/mol. The molecule has 5 fully saturated rings. The fraction of sp³-hybridized carbons (Fsp3) is 0.875. The second-order valence-corrected chi connectivity index (χ2v) is 11.3. The Morgan fingerprint density at radius 3 is 2.30 bits per heavy atom. The van der Waals surface area contributed by atoms with Gasteiger partial charge >= 0.3 is 6.03 Å². The van der Waals surface area contributed by atoms with Crippen molar-refractivity contribution >= 4 is 17.8 Å². The fourth-order valence-corrected chi connectivity index (χ4v) is 7.83. The summed E-state index contributed by atoms with van der Waals surface area (Å²) in [6.07, 6.45) is 5.87. The van der Waals surface area contributed by atoms with Crippen LogP contribution in [0.15, 0.2) is 0 Å². The van der Waals surface area contributed by atoms with Crippen molar-refractivity contribution in [1.82, 2.24) is 20.0 Å². The number of urea groups is 1. The van der Waals surface area contributed by atoms with Gasteiger partial charge in [-0.15, -0.1) is 5.12 Å². The maximum atomic E-state index is 14.1. The zero-order chi connectivity index (χ0) is 23.8. The summed E-state index contributed by atoms with van der Waals surface area (Å²) in [7, 11) is 0. The van der Waals surface area contributed by atoms with Crippen LogP contribution in [-0.4, -0.2) is 79.8 Å². The second kappa shape index (κ2) is 8.12. The Balaban J connectivity index is 1.71. The third-order valence-corrected chi connectivity index (χ3v) is 9.30. The number of nitrogens with two attached hydrogens (primary N) is 1. The third kappa shape index (κ3) is 3.07. The van der Waals surface area contributed by atoms with Gasteiger partial charge in [0.1, 0.15) is 0 Å². The Morgan fingerprint density at radius 2 is 1.70 bits per heavy atom. The van der Waals surface area contributed by atoms with Gasteiger partial charge in [-0.25, -0.2) is 14.8 Å². The molecule has 5 bridgehead atoms. The lowest BCUT2D eigenvalue weighted by atomic mass is 9.61. The van der Waals surface area contributed by atoms with Crippen LogP contribution in [0.25, 0.3) is 0 Å². The zero-order valence-electron chi connectivity index (χ0n) is 20.3. The van der Waals surface area contributed by atoms with Gasteiger partial charge in [0, 0.05) is 11.8 Å². The van der Waals surface area contributed by atoms with Crippen LogP contribution in [0.2, 0.25) is 0 Å². The van der Waals surface area contributed by atoms with E-state index in [0.717, 1.165) is 32.1 Å². The minimum absolute atomic E-state index is 0.0448. The van der Waals surface area contributed by atoms with Crippen molar-refractivity contribution < 1.29 is 19.5 Å². The molecule has 9 nitrogen and oxygen atoms in total. The maximum absolute atomic E-state index is 14.1. The molecule has 0 radical (unpaired) electrons. The minimum Gasteiger partial charge on any atom is -0.394 e. The molecule has 184 valence electrons. The van der Waals surface area contributed by atoms with Crippen molar-refractivity contribution in [2.45, 2.75) is 96.4 Å². The molecule has 4 amide bonds. The lowest BCUT2D eigenvalue weighted by Gasteiger charge is -2.67. The Kier molecular flexibility index (Phi) is 5.63. The van der Waals surface area contributed by atoms with Crippen molar-refractivity contribution in [2.24, 2.45) is 35.3 Å². The standard InChI is InChI=1S/C24H39N5O4/c1-12(2)19(11-30)26-18-10-9-17-20-16-8-6-5-7-15(16)13(3)22(31)27(17)29(24(26)33)28(21(18)20)23(32)14(4)25/h12-21,30H,5-11,25H2,1-4H3/t13?,14-,15?,16?,17?,18?,19-,20?,21?/m0/s1. The average molecular weight is 462 g/mol. The Labute approximate surface area is 196 Å². The van der Waals surface area contributed by atoms with Crippen molar-refractivity contribution in [2.75, 3.05) is 6.61 Å². The summed E-state index contributed by atoms with van der Waals surface area (Å²) < 4.78 is 0.